The Hall–Kier alpha value is -1.50. The Bertz CT molecular complexity index is 813. The van der Waals surface area contributed by atoms with Gasteiger partial charge >= 0.3 is 6.09 Å². The molecule has 3 rings (SSSR count). The highest BCUT2D eigenvalue weighted by molar-refractivity contribution is 8.00. The van der Waals surface area contributed by atoms with E-state index in [0.717, 1.165) is 24.1 Å². The van der Waals surface area contributed by atoms with Gasteiger partial charge in [0, 0.05) is 16.3 Å². The maximum atomic E-state index is 12.0. The average Bonchev–Trinajstić information content (AvgIpc) is 2.96. The van der Waals surface area contributed by atoms with Gasteiger partial charge in [-0.05, 0) is 59.7 Å². The number of fused-ring (bicyclic) bond motifs is 1. The lowest BCUT2D eigenvalue weighted by atomic mass is 9.75. The Morgan fingerprint density at radius 3 is 2.72 bits per heavy atom. The van der Waals surface area contributed by atoms with Gasteiger partial charge in [-0.3, -0.25) is 10.2 Å². The van der Waals surface area contributed by atoms with Crippen LogP contribution >= 0.6 is 34.7 Å². The molecule has 0 radical (unpaired) electrons. The molecule has 0 atom stereocenters. The van der Waals surface area contributed by atoms with Gasteiger partial charge in [0.05, 0.1) is 9.92 Å². The lowest BCUT2D eigenvalue weighted by Crippen LogP contribution is -2.27. The number of carbonyl (C=O) groups excluding carboxylic acids is 1. The van der Waals surface area contributed by atoms with Crippen LogP contribution in [0.2, 0.25) is 5.02 Å². The minimum absolute atomic E-state index is 0.0958. The van der Waals surface area contributed by atoms with Gasteiger partial charge in [-0.1, -0.05) is 30.6 Å². The van der Waals surface area contributed by atoms with Crippen LogP contribution in [0.15, 0.2) is 39.0 Å². The quantitative estimate of drug-likeness (QED) is 0.391. The second-order valence-electron chi connectivity index (χ2n) is 6.69. The summed E-state index contributed by atoms with van der Waals surface area (Å²) < 4.78 is 1.21. The summed E-state index contributed by atoms with van der Waals surface area (Å²) in [7, 11) is 0. The predicted molar refractivity (Wildman–Crippen MR) is 106 cm³/mol. The number of hydrogen-bond acceptors (Lipinski definition) is 5. The number of nitrogens with zero attached hydrogens (tertiary/aromatic N) is 1. The zero-order valence-corrected chi connectivity index (χ0v) is 16.6. The van der Waals surface area contributed by atoms with E-state index in [1.54, 1.807) is 47.4 Å². The van der Waals surface area contributed by atoms with Crippen molar-refractivity contribution in [2.75, 3.05) is 11.6 Å². The molecule has 0 saturated heterocycles. The Morgan fingerprint density at radius 2 is 2.04 bits per heavy atom. The maximum absolute atomic E-state index is 12.0. The summed E-state index contributed by atoms with van der Waals surface area (Å²) in [5.41, 5.74) is 3.96. The topological polar surface area (TPSA) is 50.7 Å². The summed E-state index contributed by atoms with van der Waals surface area (Å²) in [5, 5.41) is 9.63. The van der Waals surface area contributed by atoms with E-state index in [0.29, 0.717) is 10.7 Å². The highest BCUT2D eigenvalue weighted by Gasteiger charge is 2.33. The Morgan fingerprint density at radius 1 is 1.32 bits per heavy atom. The second-order valence-corrected chi connectivity index (χ2v) is 9.08. The summed E-state index contributed by atoms with van der Waals surface area (Å²) >= 11 is 9.26. The molecule has 0 fully saturated rings. The largest absolute Gasteiger partial charge is 0.437 e. The number of thioether (sulfide) groups is 1. The molecule has 1 aromatic carbocycles. The van der Waals surface area contributed by atoms with Gasteiger partial charge in [0.25, 0.3) is 0 Å². The first kappa shape index (κ1) is 18.3. The van der Waals surface area contributed by atoms with Crippen molar-refractivity contribution in [3.05, 3.63) is 45.8 Å². The zero-order chi connectivity index (χ0) is 18.0. The van der Waals surface area contributed by atoms with Crippen LogP contribution in [0.3, 0.4) is 0 Å². The number of carbonyl (C=O) groups is 1. The Kier molecular flexibility index (Phi) is 5.41. The van der Waals surface area contributed by atoms with Gasteiger partial charge in [-0.2, -0.15) is 0 Å². The number of benzene rings is 1. The third kappa shape index (κ3) is 4.37. The van der Waals surface area contributed by atoms with Gasteiger partial charge in [-0.15, -0.1) is 23.1 Å². The number of thiophene rings is 1. The van der Waals surface area contributed by atoms with Gasteiger partial charge in [-0.25, -0.2) is 4.79 Å². The van der Waals surface area contributed by atoms with E-state index in [9.17, 15) is 4.79 Å². The van der Waals surface area contributed by atoms with Crippen LogP contribution in [0, 0.1) is 5.41 Å². The van der Waals surface area contributed by atoms with Crippen molar-refractivity contribution in [1.29, 1.82) is 0 Å². The van der Waals surface area contributed by atoms with Gasteiger partial charge in [0.15, 0.2) is 0 Å². The number of halogens is 1. The summed E-state index contributed by atoms with van der Waals surface area (Å²) in [6.45, 7) is 4.41. The molecule has 1 aromatic heterocycles. The molecule has 0 aliphatic heterocycles. The number of amides is 1. The fourth-order valence-electron chi connectivity index (χ4n) is 2.93. The highest BCUT2D eigenvalue weighted by Crippen LogP contribution is 2.42. The Labute approximate surface area is 160 Å². The van der Waals surface area contributed by atoms with Gasteiger partial charge < -0.3 is 0 Å². The average molecular weight is 395 g/mol. The lowest BCUT2D eigenvalue weighted by molar-refractivity contribution is 0.165. The molecule has 7 heteroatoms. The number of hydrogen-bond donors (Lipinski definition) is 1. The van der Waals surface area contributed by atoms with Crippen LogP contribution in [-0.2, 0) is 11.3 Å². The minimum atomic E-state index is -0.610. The SMILES string of the molecule is CSc1scc2c1C(=NOC(=O)Nc1ccc(Cl)cc1)CC(C)(C)C2. The molecule has 1 aliphatic rings. The first-order valence-corrected chi connectivity index (χ1v) is 10.3. The van der Waals surface area contributed by atoms with E-state index in [1.807, 2.05) is 0 Å². The number of rotatable bonds is 3. The summed E-state index contributed by atoms with van der Waals surface area (Å²) in [6, 6.07) is 6.83. The predicted octanol–water partition coefficient (Wildman–Crippen LogP) is 6.05. The lowest BCUT2D eigenvalue weighted by Gasteiger charge is -2.30. The molecule has 1 heterocycles. The van der Waals surface area contributed by atoms with E-state index in [4.69, 9.17) is 16.4 Å². The van der Waals surface area contributed by atoms with Crippen molar-refractivity contribution in [1.82, 2.24) is 0 Å². The van der Waals surface area contributed by atoms with E-state index in [1.165, 1.54) is 9.77 Å². The minimum Gasteiger partial charge on any atom is -0.297 e. The van der Waals surface area contributed by atoms with Crippen molar-refractivity contribution >= 4 is 52.2 Å². The Balaban J connectivity index is 1.77. The van der Waals surface area contributed by atoms with Crippen molar-refractivity contribution < 1.29 is 9.63 Å². The number of nitrogens with one attached hydrogen (secondary N) is 1. The summed E-state index contributed by atoms with van der Waals surface area (Å²) in [6.07, 6.45) is 3.23. The third-order valence-corrected chi connectivity index (χ3v) is 6.39. The molecule has 1 aliphatic carbocycles. The standard InChI is InChI=1S/C18H19ClN2O2S2/c1-18(2)8-11-10-25-16(24-3)15(11)14(9-18)21-23-17(22)20-13-6-4-12(19)5-7-13/h4-7,10H,8-9H2,1-3H3,(H,20,22). The number of oxime groups is 1. The molecule has 132 valence electrons. The van der Waals surface area contributed by atoms with Crippen molar-refractivity contribution in [3.8, 4) is 0 Å². The van der Waals surface area contributed by atoms with E-state index in [-0.39, 0.29) is 5.41 Å². The van der Waals surface area contributed by atoms with Crippen molar-refractivity contribution in [2.24, 2.45) is 10.6 Å². The van der Waals surface area contributed by atoms with Crippen LogP contribution < -0.4 is 5.32 Å². The van der Waals surface area contributed by atoms with Crippen LogP contribution in [0.25, 0.3) is 0 Å². The number of anilines is 1. The maximum Gasteiger partial charge on any atom is 0.437 e. The molecule has 1 amide bonds. The van der Waals surface area contributed by atoms with Crippen LogP contribution in [-0.4, -0.2) is 18.1 Å². The molecule has 0 spiro atoms. The molecule has 0 unspecified atom stereocenters. The molecule has 0 saturated carbocycles. The summed E-state index contributed by atoms with van der Waals surface area (Å²) in [4.78, 5) is 17.2. The van der Waals surface area contributed by atoms with Gasteiger partial charge in [0.1, 0.15) is 0 Å². The monoisotopic (exact) mass is 394 g/mol. The smallest absolute Gasteiger partial charge is 0.297 e. The molecule has 0 bridgehead atoms. The normalized spacial score (nSPS) is 17.2. The van der Waals surface area contributed by atoms with E-state index in [2.05, 4.69) is 36.0 Å². The fourth-order valence-corrected chi connectivity index (χ4v) is 4.85. The van der Waals surface area contributed by atoms with E-state index >= 15 is 0 Å². The fraction of sp³-hybridized carbons (Fsp3) is 0.333. The van der Waals surface area contributed by atoms with Crippen LogP contribution in [0.4, 0.5) is 10.5 Å². The molecular formula is C18H19ClN2O2S2. The molecule has 1 N–H and O–H groups in total. The van der Waals surface area contributed by atoms with Crippen molar-refractivity contribution in [2.45, 2.75) is 30.9 Å². The van der Waals surface area contributed by atoms with Crippen molar-refractivity contribution in [3.63, 3.8) is 0 Å². The van der Waals surface area contributed by atoms with E-state index < -0.39 is 6.09 Å². The second kappa shape index (κ2) is 7.40. The first-order chi connectivity index (χ1) is 11.9. The third-order valence-electron chi connectivity index (χ3n) is 3.95. The summed E-state index contributed by atoms with van der Waals surface area (Å²) in [5.74, 6) is 0. The molecular weight excluding hydrogens is 376 g/mol. The molecule has 25 heavy (non-hydrogen) atoms. The first-order valence-electron chi connectivity index (χ1n) is 7.83. The highest BCUT2D eigenvalue weighted by atomic mass is 35.5. The van der Waals surface area contributed by atoms with Crippen LogP contribution in [0.1, 0.15) is 31.4 Å². The zero-order valence-electron chi connectivity index (χ0n) is 14.3. The van der Waals surface area contributed by atoms with Gasteiger partial charge in [0.2, 0.25) is 0 Å². The molecule has 4 nitrogen and oxygen atoms in total. The molecule has 2 aromatic rings. The van der Waals surface area contributed by atoms with Crippen LogP contribution in [0.5, 0.6) is 0 Å².